The van der Waals surface area contributed by atoms with Gasteiger partial charge in [-0.25, -0.2) is 4.39 Å². The molecule has 1 aromatic heterocycles. The van der Waals surface area contributed by atoms with Crippen molar-refractivity contribution in [3.63, 3.8) is 0 Å². The minimum Gasteiger partial charge on any atom is -0.495 e. The molecule has 6 nitrogen and oxygen atoms in total. The molecular formula is C17H14ClFN4O2S. The summed E-state index contributed by atoms with van der Waals surface area (Å²) >= 11 is 6.99. The smallest absolute Gasteiger partial charge is 0.234 e. The number of hydrogen-bond donors (Lipinski definition) is 1. The molecule has 134 valence electrons. The van der Waals surface area contributed by atoms with Crippen molar-refractivity contribution in [1.29, 1.82) is 0 Å². The highest BCUT2D eigenvalue weighted by Gasteiger charge is 2.14. The van der Waals surface area contributed by atoms with Crippen LogP contribution in [0.4, 0.5) is 10.1 Å². The van der Waals surface area contributed by atoms with Crippen LogP contribution in [-0.4, -0.2) is 33.5 Å². The van der Waals surface area contributed by atoms with E-state index in [1.165, 1.54) is 36.3 Å². The van der Waals surface area contributed by atoms with Gasteiger partial charge in [0.05, 0.1) is 24.2 Å². The van der Waals surface area contributed by atoms with Crippen LogP contribution in [0.2, 0.25) is 5.02 Å². The number of thioether (sulfide) groups is 1. The van der Waals surface area contributed by atoms with E-state index in [0.717, 1.165) is 5.69 Å². The first-order chi connectivity index (χ1) is 12.6. The van der Waals surface area contributed by atoms with Gasteiger partial charge in [-0.2, -0.15) is 0 Å². The van der Waals surface area contributed by atoms with Gasteiger partial charge in [0.2, 0.25) is 5.91 Å². The summed E-state index contributed by atoms with van der Waals surface area (Å²) in [7, 11) is 1.57. The van der Waals surface area contributed by atoms with Crippen molar-refractivity contribution in [3.8, 4) is 11.4 Å². The van der Waals surface area contributed by atoms with Crippen molar-refractivity contribution < 1.29 is 13.9 Å². The number of nitrogens with one attached hydrogen (secondary N) is 1. The number of anilines is 1. The van der Waals surface area contributed by atoms with Crippen molar-refractivity contribution in [1.82, 2.24) is 14.8 Å². The number of methoxy groups -OCH3 is 1. The number of para-hydroxylation sites is 2. The molecule has 26 heavy (non-hydrogen) atoms. The van der Waals surface area contributed by atoms with Gasteiger partial charge in [-0.1, -0.05) is 35.5 Å². The largest absolute Gasteiger partial charge is 0.495 e. The molecule has 0 spiro atoms. The Morgan fingerprint density at radius 1 is 1.35 bits per heavy atom. The number of ether oxygens (including phenoxy) is 1. The summed E-state index contributed by atoms with van der Waals surface area (Å²) in [6, 6.07) is 11.4. The fraction of sp³-hybridized carbons (Fsp3) is 0.118. The number of benzene rings is 2. The fourth-order valence-electron chi connectivity index (χ4n) is 2.23. The number of halogens is 2. The van der Waals surface area contributed by atoms with Crippen molar-refractivity contribution in [2.75, 3.05) is 18.2 Å². The average molecular weight is 393 g/mol. The van der Waals surface area contributed by atoms with Crippen molar-refractivity contribution in [2.45, 2.75) is 5.16 Å². The lowest BCUT2D eigenvalue weighted by Crippen LogP contribution is -2.15. The van der Waals surface area contributed by atoms with Crippen molar-refractivity contribution >= 4 is 35.0 Å². The van der Waals surface area contributed by atoms with E-state index in [9.17, 15) is 9.18 Å². The van der Waals surface area contributed by atoms with Gasteiger partial charge in [0.25, 0.3) is 0 Å². The quantitative estimate of drug-likeness (QED) is 0.646. The van der Waals surface area contributed by atoms with Crippen LogP contribution in [0.25, 0.3) is 5.69 Å². The third-order valence-corrected chi connectivity index (χ3v) is 4.57. The molecule has 1 N–H and O–H groups in total. The molecular weight excluding hydrogens is 379 g/mol. The Morgan fingerprint density at radius 3 is 2.96 bits per heavy atom. The minimum absolute atomic E-state index is 0.0276. The van der Waals surface area contributed by atoms with Gasteiger partial charge < -0.3 is 10.1 Å². The van der Waals surface area contributed by atoms with Crippen LogP contribution in [0.1, 0.15) is 0 Å². The molecule has 1 amide bonds. The zero-order chi connectivity index (χ0) is 18.5. The molecule has 0 unspecified atom stereocenters. The molecule has 3 aromatic rings. The molecule has 0 saturated heterocycles. The monoisotopic (exact) mass is 392 g/mol. The maximum absolute atomic E-state index is 13.7. The highest BCUT2D eigenvalue weighted by Crippen LogP contribution is 2.27. The molecule has 1 heterocycles. The standard InChI is InChI=1S/C17H14ClFN4O2S/c1-25-15-5-3-2-4-14(15)23-10-20-22-17(23)26-9-16(24)21-13-8-11(18)6-7-12(13)19/h2-8,10H,9H2,1H3,(H,21,24). The van der Waals surface area contributed by atoms with Gasteiger partial charge in [-0.3, -0.25) is 9.36 Å². The number of nitrogens with zero attached hydrogens (tertiary/aromatic N) is 3. The third-order valence-electron chi connectivity index (χ3n) is 3.40. The Bertz CT molecular complexity index is 935. The molecule has 3 rings (SSSR count). The van der Waals surface area contributed by atoms with Crippen LogP contribution in [-0.2, 0) is 4.79 Å². The van der Waals surface area contributed by atoms with Gasteiger partial charge >= 0.3 is 0 Å². The van der Waals surface area contributed by atoms with Crippen LogP contribution in [0, 0.1) is 5.82 Å². The van der Waals surface area contributed by atoms with E-state index in [0.29, 0.717) is 15.9 Å². The van der Waals surface area contributed by atoms with Crippen LogP contribution < -0.4 is 10.1 Å². The van der Waals surface area contributed by atoms with Gasteiger partial charge in [-0.05, 0) is 30.3 Å². The molecule has 2 aromatic carbocycles. The number of aromatic nitrogens is 3. The second kappa shape index (κ2) is 8.20. The first-order valence-electron chi connectivity index (χ1n) is 7.49. The third kappa shape index (κ3) is 4.14. The first-order valence-corrected chi connectivity index (χ1v) is 8.86. The van der Waals surface area contributed by atoms with E-state index >= 15 is 0 Å². The zero-order valence-electron chi connectivity index (χ0n) is 13.6. The van der Waals surface area contributed by atoms with Gasteiger partial charge in [0, 0.05) is 5.02 Å². The Kier molecular flexibility index (Phi) is 5.75. The van der Waals surface area contributed by atoms with E-state index in [1.807, 2.05) is 24.3 Å². The maximum atomic E-state index is 13.7. The van der Waals surface area contributed by atoms with Gasteiger partial charge in [0.1, 0.15) is 17.9 Å². The lowest BCUT2D eigenvalue weighted by Gasteiger charge is -2.11. The van der Waals surface area contributed by atoms with Crippen molar-refractivity contribution in [2.24, 2.45) is 0 Å². The second-order valence-electron chi connectivity index (χ2n) is 5.12. The van der Waals surface area contributed by atoms with E-state index in [4.69, 9.17) is 16.3 Å². The summed E-state index contributed by atoms with van der Waals surface area (Å²) in [4.78, 5) is 12.1. The van der Waals surface area contributed by atoms with Crippen LogP contribution in [0.5, 0.6) is 5.75 Å². The number of rotatable bonds is 6. The summed E-state index contributed by atoms with van der Waals surface area (Å²) in [6.45, 7) is 0. The molecule has 0 bridgehead atoms. The zero-order valence-corrected chi connectivity index (χ0v) is 15.2. The molecule has 0 fully saturated rings. The Morgan fingerprint density at radius 2 is 2.15 bits per heavy atom. The maximum Gasteiger partial charge on any atom is 0.234 e. The lowest BCUT2D eigenvalue weighted by molar-refractivity contribution is -0.113. The second-order valence-corrected chi connectivity index (χ2v) is 6.50. The topological polar surface area (TPSA) is 69.0 Å². The number of carbonyl (C=O) groups is 1. The first kappa shape index (κ1) is 18.2. The number of hydrogen-bond acceptors (Lipinski definition) is 5. The molecule has 0 saturated carbocycles. The summed E-state index contributed by atoms with van der Waals surface area (Å²) in [5, 5.41) is 11.3. The average Bonchev–Trinajstić information content (AvgIpc) is 3.11. The fourth-order valence-corrected chi connectivity index (χ4v) is 3.12. The predicted molar refractivity (Wildman–Crippen MR) is 98.7 cm³/mol. The van der Waals surface area contributed by atoms with Crippen molar-refractivity contribution in [3.05, 3.63) is 59.6 Å². The SMILES string of the molecule is COc1ccccc1-n1cnnc1SCC(=O)Nc1cc(Cl)ccc1F. The Labute approximate surface area is 158 Å². The lowest BCUT2D eigenvalue weighted by atomic mass is 10.3. The minimum atomic E-state index is -0.551. The number of amides is 1. The molecule has 0 radical (unpaired) electrons. The van der Waals surface area contributed by atoms with Crippen LogP contribution in [0.15, 0.2) is 53.9 Å². The Balaban J connectivity index is 1.70. The van der Waals surface area contributed by atoms with Gasteiger partial charge in [-0.15, -0.1) is 10.2 Å². The van der Waals surface area contributed by atoms with Gasteiger partial charge in [0.15, 0.2) is 5.16 Å². The highest BCUT2D eigenvalue weighted by atomic mass is 35.5. The molecule has 0 aliphatic heterocycles. The van der Waals surface area contributed by atoms with Crippen LogP contribution >= 0.6 is 23.4 Å². The van der Waals surface area contributed by atoms with E-state index < -0.39 is 5.82 Å². The summed E-state index contributed by atoms with van der Waals surface area (Å²) < 4.78 is 20.7. The number of carbonyl (C=O) groups excluding carboxylic acids is 1. The molecule has 0 aliphatic rings. The van der Waals surface area contributed by atoms with E-state index in [-0.39, 0.29) is 17.3 Å². The molecule has 0 atom stereocenters. The summed E-state index contributed by atoms with van der Waals surface area (Å²) in [5.74, 6) is -0.255. The Hall–Kier alpha value is -2.58. The predicted octanol–water partition coefficient (Wildman–Crippen LogP) is 3.80. The molecule has 0 aliphatic carbocycles. The van der Waals surface area contributed by atoms with Crippen LogP contribution in [0.3, 0.4) is 0 Å². The highest BCUT2D eigenvalue weighted by molar-refractivity contribution is 7.99. The van der Waals surface area contributed by atoms with E-state index in [1.54, 1.807) is 11.7 Å². The van der Waals surface area contributed by atoms with E-state index in [2.05, 4.69) is 15.5 Å². The summed E-state index contributed by atoms with van der Waals surface area (Å²) in [5.41, 5.74) is 0.790. The molecule has 9 heteroatoms. The summed E-state index contributed by atoms with van der Waals surface area (Å²) in [6.07, 6.45) is 1.54. The normalized spacial score (nSPS) is 10.6.